The van der Waals surface area contributed by atoms with Gasteiger partial charge in [0.2, 0.25) is 0 Å². The zero-order valence-electron chi connectivity index (χ0n) is 17.6. The first-order chi connectivity index (χ1) is 15.1. The molecule has 8 heteroatoms. The highest BCUT2D eigenvalue weighted by Crippen LogP contribution is 2.46. The Labute approximate surface area is 180 Å². The lowest BCUT2D eigenvalue weighted by atomic mass is 9.92. The molecule has 1 saturated heterocycles. The summed E-state index contributed by atoms with van der Waals surface area (Å²) in [7, 11) is 0. The molecular weight excluding hydrogens is 398 g/mol. The summed E-state index contributed by atoms with van der Waals surface area (Å²) in [5.74, 6) is -1.52. The van der Waals surface area contributed by atoms with Crippen molar-refractivity contribution in [3.05, 3.63) is 65.8 Å². The topological polar surface area (TPSA) is 90.9 Å². The molecule has 0 amide bonds. The maximum atomic E-state index is 13.2. The van der Waals surface area contributed by atoms with Crippen molar-refractivity contribution in [3.8, 4) is 0 Å². The lowest BCUT2D eigenvalue weighted by molar-refractivity contribution is -0.190. The number of aromatic nitrogens is 2. The Balaban J connectivity index is 1.82. The molecule has 0 aliphatic carbocycles. The van der Waals surface area contributed by atoms with Crippen LogP contribution in [0.4, 0.5) is 0 Å². The molecule has 0 radical (unpaired) electrons. The minimum Gasteiger partial charge on any atom is -0.463 e. The summed E-state index contributed by atoms with van der Waals surface area (Å²) in [6.45, 7) is 4.17. The van der Waals surface area contributed by atoms with Crippen LogP contribution in [0.5, 0.6) is 0 Å². The monoisotopic (exact) mass is 423 g/mol. The molecule has 0 bridgehead atoms. The van der Waals surface area contributed by atoms with Crippen LogP contribution in [0.2, 0.25) is 0 Å². The minimum atomic E-state index is -1.95. The van der Waals surface area contributed by atoms with Gasteiger partial charge in [-0.15, -0.1) is 0 Å². The molecule has 1 aromatic heterocycles. The van der Waals surface area contributed by atoms with Crippen molar-refractivity contribution >= 4 is 18.0 Å². The van der Waals surface area contributed by atoms with Crippen molar-refractivity contribution in [1.82, 2.24) is 14.9 Å². The Kier molecular flexibility index (Phi) is 6.11. The lowest BCUT2D eigenvalue weighted by Crippen LogP contribution is -2.57. The van der Waals surface area contributed by atoms with Crippen molar-refractivity contribution in [2.75, 3.05) is 19.8 Å². The number of hydrogen-bond acceptors (Lipinski definition) is 8. The molecular formula is C23H25N3O5. The van der Waals surface area contributed by atoms with E-state index in [9.17, 15) is 9.59 Å². The highest BCUT2D eigenvalue weighted by Gasteiger charge is 2.65. The van der Waals surface area contributed by atoms with Gasteiger partial charge in [0.15, 0.2) is 0 Å². The van der Waals surface area contributed by atoms with Crippen molar-refractivity contribution in [2.24, 2.45) is 0 Å². The van der Waals surface area contributed by atoms with E-state index < -0.39 is 29.8 Å². The van der Waals surface area contributed by atoms with Gasteiger partial charge in [0, 0.05) is 24.7 Å². The predicted octanol–water partition coefficient (Wildman–Crippen LogP) is 2.31. The Bertz CT molecular complexity index is 960. The van der Waals surface area contributed by atoms with E-state index in [4.69, 9.17) is 14.2 Å². The van der Waals surface area contributed by atoms with E-state index in [0.29, 0.717) is 13.0 Å². The second kappa shape index (κ2) is 8.95. The largest absolute Gasteiger partial charge is 0.463 e. The van der Waals surface area contributed by atoms with Gasteiger partial charge in [0.05, 0.1) is 24.9 Å². The van der Waals surface area contributed by atoms with Crippen LogP contribution in [0.1, 0.15) is 36.9 Å². The van der Waals surface area contributed by atoms with Crippen LogP contribution in [0.25, 0.3) is 6.08 Å². The van der Waals surface area contributed by atoms with Crippen molar-refractivity contribution in [3.63, 3.8) is 0 Å². The number of rotatable bonds is 6. The first-order valence-electron chi connectivity index (χ1n) is 10.4. The Morgan fingerprint density at radius 3 is 2.58 bits per heavy atom. The SMILES string of the molecule is CCOC(=O)C1(C(=O)OCC)O[C@@H]2c3cncnc3CCN2[C@H]1/C=C/c1ccccc1. The summed E-state index contributed by atoms with van der Waals surface area (Å²) >= 11 is 0. The summed E-state index contributed by atoms with van der Waals surface area (Å²) in [4.78, 5) is 36.9. The fourth-order valence-electron chi connectivity index (χ4n) is 4.12. The van der Waals surface area contributed by atoms with Gasteiger partial charge >= 0.3 is 11.9 Å². The molecule has 1 fully saturated rings. The van der Waals surface area contributed by atoms with Gasteiger partial charge in [0.25, 0.3) is 5.60 Å². The average Bonchev–Trinajstić information content (AvgIpc) is 3.14. The number of ether oxygens (including phenoxy) is 3. The van der Waals surface area contributed by atoms with E-state index in [2.05, 4.69) is 9.97 Å². The first-order valence-corrected chi connectivity index (χ1v) is 10.4. The summed E-state index contributed by atoms with van der Waals surface area (Å²) < 4.78 is 16.9. The highest BCUT2D eigenvalue weighted by molar-refractivity contribution is 6.05. The maximum absolute atomic E-state index is 13.2. The third-order valence-electron chi connectivity index (χ3n) is 5.50. The number of nitrogens with zero attached hydrogens (tertiary/aromatic N) is 3. The molecule has 0 unspecified atom stereocenters. The summed E-state index contributed by atoms with van der Waals surface area (Å²) in [5, 5.41) is 0. The number of hydrogen-bond donors (Lipinski definition) is 0. The number of fused-ring (bicyclic) bond motifs is 3. The third-order valence-corrected chi connectivity index (χ3v) is 5.50. The van der Waals surface area contributed by atoms with Gasteiger partial charge in [-0.2, -0.15) is 0 Å². The zero-order valence-corrected chi connectivity index (χ0v) is 17.6. The van der Waals surface area contributed by atoms with Gasteiger partial charge in [-0.3, -0.25) is 4.90 Å². The second-order valence-electron chi connectivity index (χ2n) is 7.27. The molecule has 2 atom stereocenters. The molecule has 31 heavy (non-hydrogen) atoms. The Morgan fingerprint density at radius 2 is 1.90 bits per heavy atom. The normalized spacial score (nSPS) is 22.0. The van der Waals surface area contributed by atoms with Gasteiger partial charge in [-0.25, -0.2) is 19.6 Å². The van der Waals surface area contributed by atoms with E-state index in [1.165, 1.54) is 6.33 Å². The number of carbonyl (C=O) groups is 2. The molecule has 4 rings (SSSR count). The molecule has 0 saturated carbocycles. The molecule has 2 aliphatic rings. The van der Waals surface area contributed by atoms with Crippen LogP contribution in [-0.2, 0) is 30.2 Å². The Hall–Kier alpha value is -3.10. The quantitative estimate of drug-likeness (QED) is 0.516. The molecule has 3 heterocycles. The average molecular weight is 423 g/mol. The van der Waals surface area contributed by atoms with Crippen molar-refractivity contribution in [1.29, 1.82) is 0 Å². The maximum Gasteiger partial charge on any atom is 0.352 e. The van der Waals surface area contributed by atoms with Gasteiger partial charge in [-0.1, -0.05) is 42.5 Å². The number of esters is 2. The van der Waals surface area contributed by atoms with Crippen LogP contribution in [0.3, 0.4) is 0 Å². The summed E-state index contributed by atoms with van der Waals surface area (Å²) in [6.07, 6.45) is 6.83. The van der Waals surface area contributed by atoms with E-state index in [0.717, 1.165) is 16.8 Å². The fraction of sp³-hybridized carbons (Fsp3) is 0.391. The lowest BCUT2D eigenvalue weighted by Gasteiger charge is -2.32. The summed E-state index contributed by atoms with van der Waals surface area (Å²) in [5.41, 5.74) is 0.570. The molecule has 8 nitrogen and oxygen atoms in total. The van der Waals surface area contributed by atoms with E-state index in [1.54, 1.807) is 20.0 Å². The molecule has 1 aromatic carbocycles. The van der Waals surface area contributed by atoms with Gasteiger partial charge in [0.1, 0.15) is 12.6 Å². The van der Waals surface area contributed by atoms with Crippen LogP contribution >= 0.6 is 0 Å². The number of carbonyl (C=O) groups excluding carboxylic acids is 2. The number of benzene rings is 1. The predicted molar refractivity (Wildman–Crippen MR) is 112 cm³/mol. The molecule has 2 aliphatic heterocycles. The van der Waals surface area contributed by atoms with Crippen molar-refractivity contribution < 1.29 is 23.8 Å². The van der Waals surface area contributed by atoms with Crippen LogP contribution in [0, 0.1) is 0 Å². The molecule has 2 aromatic rings. The molecule has 162 valence electrons. The van der Waals surface area contributed by atoms with Crippen LogP contribution in [0.15, 0.2) is 48.9 Å². The summed E-state index contributed by atoms with van der Waals surface area (Å²) in [6, 6.07) is 8.94. The first kappa shape index (κ1) is 21.1. The minimum absolute atomic E-state index is 0.114. The Morgan fingerprint density at radius 1 is 1.19 bits per heavy atom. The van der Waals surface area contributed by atoms with E-state index in [1.807, 2.05) is 47.4 Å². The van der Waals surface area contributed by atoms with Gasteiger partial charge < -0.3 is 14.2 Å². The van der Waals surface area contributed by atoms with Crippen LogP contribution < -0.4 is 0 Å². The van der Waals surface area contributed by atoms with Gasteiger partial charge in [-0.05, 0) is 19.4 Å². The molecule has 0 spiro atoms. The standard InChI is InChI=1S/C23H25N3O5/c1-3-29-21(27)23(22(28)30-4-2)19(11-10-16-8-6-5-7-9-16)26-13-12-18-17(20(26)31-23)14-24-15-25-18/h5-11,14-15,19-20H,3-4,12-13H2,1-2H3/b11-10+/t19-,20+/m0/s1. The van der Waals surface area contributed by atoms with Crippen LogP contribution in [-0.4, -0.2) is 58.2 Å². The zero-order chi connectivity index (χ0) is 21.8. The molecule has 0 N–H and O–H groups in total. The second-order valence-corrected chi connectivity index (χ2v) is 7.27. The van der Waals surface area contributed by atoms with E-state index in [-0.39, 0.29) is 13.2 Å². The van der Waals surface area contributed by atoms with Crippen molar-refractivity contribution in [2.45, 2.75) is 38.1 Å². The smallest absolute Gasteiger partial charge is 0.352 e. The highest BCUT2D eigenvalue weighted by atomic mass is 16.6. The fourth-order valence-corrected chi connectivity index (χ4v) is 4.12. The van der Waals surface area contributed by atoms with E-state index >= 15 is 0 Å². The third kappa shape index (κ3) is 3.73.